The lowest BCUT2D eigenvalue weighted by Crippen LogP contribution is -2.48. The molecule has 0 spiro atoms. The summed E-state index contributed by atoms with van der Waals surface area (Å²) in [6.45, 7) is 18.8. The molecule has 9 aromatic rings. The summed E-state index contributed by atoms with van der Waals surface area (Å²) in [5.74, 6) is -1.12. The highest BCUT2D eigenvalue weighted by Gasteiger charge is 2.44. The van der Waals surface area contributed by atoms with E-state index in [2.05, 4.69) is 30.8 Å². The van der Waals surface area contributed by atoms with Crippen molar-refractivity contribution in [1.82, 2.24) is 59.7 Å². The second-order valence-corrected chi connectivity index (χ2v) is 31.4. The van der Waals surface area contributed by atoms with E-state index in [1.165, 1.54) is 57.6 Å². The maximum Gasteiger partial charge on any atom is 0.416 e. The van der Waals surface area contributed by atoms with Gasteiger partial charge in [-0.3, -0.25) is 0 Å². The predicted octanol–water partition coefficient (Wildman–Crippen LogP) is 16.8. The molecular formula is C78H90F12N12O9. The number of hydrogen-bond donors (Lipinski definition) is 0. The predicted molar refractivity (Wildman–Crippen MR) is 385 cm³/mol. The summed E-state index contributed by atoms with van der Waals surface area (Å²) in [6.07, 6.45) is -11.7. The number of ether oxygens (including phenoxy) is 6. The number of alkyl halides is 9. The number of aryl methyl sites for hydroxylation is 3. The number of benzene rings is 6. The Hall–Kier alpha value is -9.63. The summed E-state index contributed by atoms with van der Waals surface area (Å²) in [4.78, 5) is 43.8. The van der Waals surface area contributed by atoms with Crippen LogP contribution in [0, 0.1) is 17.5 Å². The minimum atomic E-state index is -4.54. The molecule has 6 aromatic carbocycles. The average molecular weight is 1570 g/mol. The van der Waals surface area contributed by atoms with E-state index in [-0.39, 0.29) is 84.8 Å². The van der Waals surface area contributed by atoms with E-state index >= 15 is 0 Å². The summed E-state index contributed by atoms with van der Waals surface area (Å²) < 4.78 is 200. The van der Waals surface area contributed by atoms with Gasteiger partial charge in [-0.15, -0.1) is 10.2 Å². The van der Waals surface area contributed by atoms with E-state index in [9.17, 15) is 67.1 Å². The first-order valence-corrected chi connectivity index (χ1v) is 36.0. The third kappa shape index (κ3) is 21.1. The van der Waals surface area contributed by atoms with Gasteiger partial charge >= 0.3 is 36.8 Å². The van der Waals surface area contributed by atoms with Crippen LogP contribution < -0.4 is 0 Å². The van der Waals surface area contributed by atoms with Crippen molar-refractivity contribution in [1.29, 1.82) is 0 Å². The minimum Gasteiger partial charge on any atom is -0.444 e. The summed E-state index contributed by atoms with van der Waals surface area (Å²) >= 11 is 0. The molecule has 600 valence electrons. The number of fused-ring (bicyclic) bond motifs is 3. The summed E-state index contributed by atoms with van der Waals surface area (Å²) in [5.41, 5.74) is -0.937. The molecule has 0 unspecified atom stereocenters. The molecule has 0 atom stereocenters. The highest BCUT2D eigenvalue weighted by molar-refractivity contribution is 5.81. The first-order valence-electron chi connectivity index (χ1n) is 36.0. The second kappa shape index (κ2) is 33.0. The van der Waals surface area contributed by atoms with E-state index in [0.717, 1.165) is 53.1 Å². The van der Waals surface area contributed by atoms with Crippen LogP contribution in [0.5, 0.6) is 0 Å². The Kier molecular flexibility index (Phi) is 24.9. The van der Waals surface area contributed by atoms with Crippen molar-refractivity contribution in [3.05, 3.63) is 177 Å². The van der Waals surface area contributed by atoms with E-state index in [1.54, 1.807) is 128 Å². The zero-order chi connectivity index (χ0) is 81.0. The van der Waals surface area contributed by atoms with Gasteiger partial charge in [0.1, 0.15) is 56.3 Å². The Morgan fingerprint density at radius 1 is 0.396 bits per heavy atom. The monoisotopic (exact) mass is 1570 g/mol. The Morgan fingerprint density at radius 3 is 1.06 bits per heavy atom. The number of carbonyl (C=O) groups is 3. The van der Waals surface area contributed by atoms with Crippen molar-refractivity contribution < 1.29 is 95.5 Å². The standard InChI is InChI=1S/3C26H30F4N4O3/c1-24(2,3)37-23(35)34-11-9-25(10-12-34,18-5-7-20(27)8-6-18)16-36-15-17-13-19(26(28,29)30)14-21-22(17)31-32-33(21)4;1-24(2,3)37-23(35)34-11-9-25(10-12-34,18-5-7-20(27)8-6-18)16-36-15-17-13-19(26(28,29)30)14-21-22(17)33(4)32-31-21;1-24(2,3)37-23(35)34-11-9-25(10-12-34,18-5-7-20(27)8-6-18)16-36-15-17-13-19(26(28,29)30)14-21-22(17)32-33(4)31-21/h3*5-8,13-14H,9-12,15-16H2,1-4H3. The van der Waals surface area contributed by atoms with Crippen molar-refractivity contribution in [2.24, 2.45) is 21.1 Å². The molecule has 0 radical (unpaired) electrons. The molecule has 6 heterocycles. The number of hydrogen-bond acceptors (Lipinski definition) is 15. The van der Waals surface area contributed by atoms with Gasteiger partial charge in [-0.2, -0.15) is 54.5 Å². The highest BCUT2D eigenvalue weighted by Crippen LogP contribution is 2.43. The smallest absolute Gasteiger partial charge is 0.416 e. The van der Waals surface area contributed by atoms with Crippen molar-refractivity contribution in [3.8, 4) is 0 Å². The van der Waals surface area contributed by atoms with Crippen molar-refractivity contribution in [3.63, 3.8) is 0 Å². The number of aromatic nitrogens is 9. The summed E-state index contributed by atoms with van der Waals surface area (Å²) in [5, 5.41) is 23.8. The van der Waals surface area contributed by atoms with Crippen LogP contribution in [0.3, 0.4) is 0 Å². The van der Waals surface area contributed by atoms with Gasteiger partial charge in [0.15, 0.2) is 0 Å². The number of likely N-dealkylation sites (tertiary alicyclic amines) is 3. The normalized spacial score (nSPS) is 16.3. The molecule has 3 aromatic heterocycles. The molecule has 3 saturated heterocycles. The SMILES string of the molecule is Cn1nc2cc(C(F)(F)F)cc(COCC3(c4ccc(F)cc4)CCN(C(=O)OC(C)(C)C)CC3)c2n1.Cn1nnc2c(COCC3(c4ccc(F)cc4)CCN(C(=O)OC(C)(C)C)CC3)cc(C(F)(F)F)cc21.Cn1nnc2cc(C(F)(F)F)cc(COCC3(c4ccc(F)cc4)CCN(C(=O)OC(C)(C)C)CC3)c21. The molecule has 3 fully saturated rings. The van der Waals surface area contributed by atoms with E-state index < -0.39 is 86.5 Å². The van der Waals surface area contributed by atoms with Gasteiger partial charge in [-0.05, 0) is 190 Å². The fourth-order valence-electron chi connectivity index (χ4n) is 13.9. The zero-order valence-electron chi connectivity index (χ0n) is 63.7. The van der Waals surface area contributed by atoms with Gasteiger partial charge in [0, 0.05) is 93.3 Å². The lowest BCUT2D eigenvalue weighted by Gasteiger charge is -2.42. The lowest BCUT2D eigenvalue weighted by atomic mass is 9.73. The Morgan fingerprint density at radius 2 is 0.712 bits per heavy atom. The summed E-state index contributed by atoms with van der Waals surface area (Å²) in [7, 11) is 4.68. The van der Waals surface area contributed by atoms with Gasteiger partial charge in [-0.25, -0.2) is 36.9 Å². The first kappa shape index (κ1) is 83.8. The molecule has 3 aliphatic heterocycles. The number of piperidine rings is 3. The fourth-order valence-corrected chi connectivity index (χ4v) is 13.9. The van der Waals surface area contributed by atoms with Gasteiger partial charge in [0.25, 0.3) is 0 Å². The molecule has 33 heteroatoms. The van der Waals surface area contributed by atoms with Crippen LogP contribution in [0.25, 0.3) is 33.1 Å². The van der Waals surface area contributed by atoms with E-state index in [0.29, 0.717) is 99.9 Å². The molecule has 0 aliphatic carbocycles. The second-order valence-electron chi connectivity index (χ2n) is 31.4. The first-order chi connectivity index (χ1) is 51.8. The maximum atomic E-state index is 13.7. The van der Waals surface area contributed by atoms with Crippen molar-refractivity contribution in [2.75, 3.05) is 59.1 Å². The Labute approximate surface area is 633 Å². The van der Waals surface area contributed by atoms with E-state index in [1.807, 2.05) is 0 Å². The molecule has 111 heavy (non-hydrogen) atoms. The molecule has 0 saturated carbocycles. The number of amides is 3. The fraction of sp³-hybridized carbons (Fsp3) is 0.500. The third-order valence-electron chi connectivity index (χ3n) is 19.6. The van der Waals surface area contributed by atoms with Crippen LogP contribution in [-0.4, -0.2) is 154 Å². The number of carbonyl (C=O) groups excluding carboxylic acids is 3. The zero-order valence-corrected chi connectivity index (χ0v) is 63.7. The molecule has 12 rings (SSSR count). The Balaban J connectivity index is 0.000000177. The average Bonchev–Trinajstić information content (AvgIpc) is 1.78. The maximum absolute atomic E-state index is 13.7. The third-order valence-corrected chi connectivity index (χ3v) is 19.6. The Bertz CT molecular complexity index is 4580. The molecule has 0 N–H and O–H groups in total. The van der Waals surface area contributed by atoms with Gasteiger partial charge in [0.2, 0.25) is 0 Å². The summed E-state index contributed by atoms with van der Waals surface area (Å²) in [6, 6.07) is 24.4. The van der Waals surface area contributed by atoms with Crippen LogP contribution in [0.4, 0.5) is 67.1 Å². The molecule has 3 aliphatic rings. The number of halogens is 12. The van der Waals surface area contributed by atoms with Crippen LogP contribution in [0.1, 0.15) is 151 Å². The highest BCUT2D eigenvalue weighted by atomic mass is 19.4. The molecule has 21 nitrogen and oxygen atoms in total. The molecule has 0 bridgehead atoms. The van der Waals surface area contributed by atoms with Crippen LogP contribution >= 0.6 is 0 Å². The largest absolute Gasteiger partial charge is 0.444 e. The van der Waals surface area contributed by atoms with Gasteiger partial charge in [0.05, 0.1) is 67.4 Å². The number of rotatable bonds is 15. The molecule has 3 amide bonds. The van der Waals surface area contributed by atoms with Gasteiger partial charge in [-0.1, -0.05) is 46.8 Å². The van der Waals surface area contributed by atoms with Crippen LogP contribution in [0.2, 0.25) is 0 Å². The van der Waals surface area contributed by atoms with Crippen LogP contribution in [-0.2, 0) is 104 Å². The van der Waals surface area contributed by atoms with Crippen LogP contribution in [0.15, 0.2) is 109 Å². The topological polar surface area (TPSA) is 208 Å². The van der Waals surface area contributed by atoms with Gasteiger partial charge < -0.3 is 43.1 Å². The lowest BCUT2D eigenvalue weighted by molar-refractivity contribution is -0.138. The van der Waals surface area contributed by atoms with Crippen molar-refractivity contribution in [2.45, 2.75) is 172 Å². The molecular weight excluding hydrogens is 1480 g/mol. The minimum absolute atomic E-state index is 0.0969. The number of nitrogens with zero attached hydrogens (tertiary/aromatic N) is 12. The quantitative estimate of drug-likeness (QED) is 0.0691. The van der Waals surface area contributed by atoms with Crippen molar-refractivity contribution >= 4 is 51.4 Å². The van der Waals surface area contributed by atoms with E-state index in [4.69, 9.17) is 28.4 Å².